The van der Waals surface area contributed by atoms with E-state index in [0.717, 1.165) is 16.8 Å². The third-order valence-corrected chi connectivity index (χ3v) is 5.76. The Morgan fingerprint density at radius 2 is 1.97 bits per heavy atom. The molecule has 33 heavy (non-hydrogen) atoms. The molecule has 4 heterocycles. The van der Waals surface area contributed by atoms with Gasteiger partial charge in [0.1, 0.15) is 22.5 Å². The molecule has 5 rings (SSSR count). The molecule has 170 valence electrons. The molecule has 0 spiro atoms. The fraction of sp³-hybridized carbons (Fsp3) is 0.227. The number of amides is 1. The number of likely N-dealkylation sites (N-methyl/N-ethyl adjacent to an activating group) is 1. The number of carbonyl (C=O) groups is 1. The van der Waals surface area contributed by atoms with Gasteiger partial charge in [0, 0.05) is 43.8 Å². The first-order valence-electron chi connectivity index (χ1n) is 10.1. The van der Waals surface area contributed by atoms with E-state index < -0.39 is 11.9 Å². The minimum atomic E-state index is -0.722. The Labute approximate surface area is 193 Å². The lowest BCUT2D eigenvalue weighted by Crippen LogP contribution is -2.24. The van der Waals surface area contributed by atoms with Gasteiger partial charge in [-0.3, -0.25) is 9.48 Å². The molecule has 2 N–H and O–H groups in total. The summed E-state index contributed by atoms with van der Waals surface area (Å²) < 4.78 is 15.9. The van der Waals surface area contributed by atoms with Gasteiger partial charge in [0.15, 0.2) is 11.6 Å². The minimum Gasteiger partial charge on any atom is -0.383 e. The van der Waals surface area contributed by atoms with Crippen LogP contribution in [-0.2, 0) is 11.8 Å². The van der Waals surface area contributed by atoms with Crippen molar-refractivity contribution in [2.75, 3.05) is 18.9 Å². The monoisotopic (exact) mass is 467 g/mol. The summed E-state index contributed by atoms with van der Waals surface area (Å²) >= 11 is 1.45. The van der Waals surface area contributed by atoms with Crippen molar-refractivity contribution in [2.24, 2.45) is 7.05 Å². The van der Waals surface area contributed by atoms with Gasteiger partial charge in [0.2, 0.25) is 5.95 Å². The Morgan fingerprint density at radius 3 is 2.58 bits per heavy atom. The standard InChI is InChI=1S/C17H13FN6S.C5H9NO2/c1-24-8-7-14(23-24)21-17-19-9-12(18)15(22-17)13-10-25-16(20-13)11-5-3-2-4-6-11;1-6-3-2-4(7)5(6)8/h2-10H,1H3,(H,19,21,22,23);4,7H,2-3H2,1H3. The number of carbonyl (C=O) groups excluding carboxylic acids is 1. The number of aliphatic hydroxyl groups is 1. The third-order valence-electron chi connectivity index (χ3n) is 4.86. The molecule has 4 aromatic rings. The molecule has 1 atom stereocenters. The van der Waals surface area contributed by atoms with Crippen molar-refractivity contribution < 1.29 is 14.3 Å². The van der Waals surface area contributed by atoms with Gasteiger partial charge >= 0.3 is 0 Å². The fourth-order valence-corrected chi connectivity index (χ4v) is 3.91. The van der Waals surface area contributed by atoms with E-state index in [-0.39, 0.29) is 17.5 Å². The van der Waals surface area contributed by atoms with Crippen LogP contribution in [0.3, 0.4) is 0 Å². The predicted molar refractivity (Wildman–Crippen MR) is 123 cm³/mol. The molecule has 1 aliphatic heterocycles. The second-order valence-electron chi connectivity index (χ2n) is 7.36. The quantitative estimate of drug-likeness (QED) is 0.475. The maximum absolute atomic E-state index is 14.2. The maximum Gasteiger partial charge on any atom is 0.251 e. The Balaban J connectivity index is 0.000000275. The van der Waals surface area contributed by atoms with Crippen molar-refractivity contribution in [1.29, 1.82) is 0 Å². The number of likely N-dealkylation sites (tertiary alicyclic amines) is 1. The van der Waals surface area contributed by atoms with Crippen LogP contribution < -0.4 is 5.32 Å². The molecular weight excluding hydrogens is 445 g/mol. The number of anilines is 2. The fourth-order valence-electron chi connectivity index (χ4n) is 3.10. The number of hydrogen-bond acceptors (Lipinski definition) is 8. The summed E-state index contributed by atoms with van der Waals surface area (Å²) in [5.41, 5.74) is 1.62. The zero-order chi connectivity index (χ0) is 23.4. The molecule has 1 unspecified atom stereocenters. The number of nitrogens with zero attached hydrogens (tertiary/aromatic N) is 6. The zero-order valence-electron chi connectivity index (χ0n) is 18.0. The molecule has 3 aromatic heterocycles. The summed E-state index contributed by atoms with van der Waals surface area (Å²) in [6, 6.07) is 11.5. The second kappa shape index (κ2) is 9.84. The summed E-state index contributed by atoms with van der Waals surface area (Å²) in [6.45, 7) is 0.694. The molecular formula is C22H22FN7O2S. The van der Waals surface area contributed by atoms with Crippen LogP contribution in [0.5, 0.6) is 0 Å². The lowest BCUT2D eigenvalue weighted by atomic mass is 10.2. The number of nitrogens with one attached hydrogen (secondary N) is 1. The summed E-state index contributed by atoms with van der Waals surface area (Å²) in [4.78, 5) is 24.8. The minimum absolute atomic E-state index is 0.148. The molecule has 11 heteroatoms. The lowest BCUT2D eigenvalue weighted by Gasteiger charge is -2.04. The van der Waals surface area contributed by atoms with Crippen molar-refractivity contribution in [3.05, 3.63) is 60.0 Å². The first-order chi connectivity index (χ1) is 15.9. The van der Waals surface area contributed by atoms with Gasteiger partial charge in [-0.15, -0.1) is 11.3 Å². The molecule has 0 bridgehead atoms. The van der Waals surface area contributed by atoms with E-state index in [1.54, 1.807) is 29.4 Å². The van der Waals surface area contributed by atoms with Crippen molar-refractivity contribution in [2.45, 2.75) is 12.5 Å². The van der Waals surface area contributed by atoms with Crippen LogP contribution in [-0.4, -0.2) is 60.3 Å². The van der Waals surface area contributed by atoms with Crippen LogP contribution in [0.1, 0.15) is 6.42 Å². The predicted octanol–water partition coefficient (Wildman–Crippen LogP) is 3.09. The van der Waals surface area contributed by atoms with E-state index in [2.05, 4.69) is 25.4 Å². The van der Waals surface area contributed by atoms with Gasteiger partial charge in [0.05, 0.1) is 6.20 Å². The molecule has 1 aliphatic rings. The Bertz CT molecular complexity index is 1230. The first-order valence-corrected chi connectivity index (χ1v) is 11.0. The van der Waals surface area contributed by atoms with E-state index in [1.165, 1.54) is 16.2 Å². The van der Waals surface area contributed by atoms with Gasteiger partial charge in [-0.2, -0.15) is 5.10 Å². The average molecular weight is 468 g/mol. The van der Waals surface area contributed by atoms with Crippen LogP contribution in [0.15, 0.2) is 54.2 Å². The summed E-state index contributed by atoms with van der Waals surface area (Å²) in [7, 11) is 3.50. The zero-order valence-corrected chi connectivity index (χ0v) is 18.8. The normalized spacial score (nSPS) is 15.3. The summed E-state index contributed by atoms with van der Waals surface area (Å²) in [5, 5.41) is 18.5. The van der Waals surface area contributed by atoms with Gasteiger partial charge in [0.25, 0.3) is 5.91 Å². The molecule has 1 fully saturated rings. The van der Waals surface area contributed by atoms with E-state index in [9.17, 15) is 9.18 Å². The van der Waals surface area contributed by atoms with Crippen LogP contribution in [0, 0.1) is 5.82 Å². The number of rotatable bonds is 4. The van der Waals surface area contributed by atoms with Crippen molar-refractivity contribution in [3.63, 3.8) is 0 Å². The highest BCUT2D eigenvalue weighted by molar-refractivity contribution is 7.13. The highest BCUT2D eigenvalue weighted by Crippen LogP contribution is 2.29. The van der Waals surface area contributed by atoms with E-state index in [4.69, 9.17) is 5.11 Å². The van der Waals surface area contributed by atoms with Gasteiger partial charge in [-0.1, -0.05) is 30.3 Å². The van der Waals surface area contributed by atoms with Gasteiger partial charge in [-0.25, -0.2) is 19.3 Å². The second-order valence-corrected chi connectivity index (χ2v) is 8.22. The molecule has 0 saturated carbocycles. The van der Waals surface area contributed by atoms with E-state index in [1.807, 2.05) is 37.4 Å². The number of benzene rings is 1. The average Bonchev–Trinajstić information content (AvgIpc) is 3.54. The SMILES string of the molecule is CN1CCC(O)C1=O.Cn1ccc(Nc2ncc(F)c(-c3csc(-c4ccccc4)n3)n2)n1. The highest BCUT2D eigenvalue weighted by atomic mass is 32.1. The smallest absolute Gasteiger partial charge is 0.251 e. The maximum atomic E-state index is 14.2. The number of hydrogen-bond donors (Lipinski definition) is 2. The molecule has 1 amide bonds. The van der Waals surface area contributed by atoms with Crippen LogP contribution >= 0.6 is 11.3 Å². The lowest BCUT2D eigenvalue weighted by molar-refractivity contribution is -0.133. The van der Waals surface area contributed by atoms with E-state index >= 15 is 0 Å². The van der Waals surface area contributed by atoms with Crippen molar-refractivity contribution >= 4 is 29.0 Å². The molecule has 0 aliphatic carbocycles. The number of aliphatic hydroxyl groups excluding tert-OH is 1. The first kappa shape index (κ1) is 22.5. The molecule has 9 nitrogen and oxygen atoms in total. The van der Waals surface area contributed by atoms with Crippen molar-refractivity contribution in [1.82, 2.24) is 29.6 Å². The topological polar surface area (TPSA) is 109 Å². The molecule has 0 radical (unpaired) electrons. The largest absolute Gasteiger partial charge is 0.383 e. The summed E-state index contributed by atoms with van der Waals surface area (Å²) in [6.07, 6.45) is 2.80. The molecule has 1 saturated heterocycles. The number of halogens is 1. The van der Waals surface area contributed by atoms with E-state index in [0.29, 0.717) is 24.5 Å². The summed E-state index contributed by atoms with van der Waals surface area (Å²) in [5.74, 6) is 0.189. The Kier molecular flexibility index (Phi) is 6.71. The van der Waals surface area contributed by atoms with Crippen LogP contribution in [0.2, 0.25) is 0 Å². The van der Waals surface area contributed by atoms with Crippen molar-refractivity contribution in [3.8, 4) is 22.0 Å². The van der Waals surface area contributed by atoms with Gasteiger partial charge in [-0.05, 0) is 6.42 Å². The Hall–Kier alpha value is -3.70. The third kappa shape index (κ3) is 5.38. The number of aryl methyl sites for hydroxylation is 1. The number of aromatic nitrogens is 5. The highest BCUT2D eigenvalue weighted by Gasteiger charge is 2.26. The van der Waals surface area contributed by atoms with Crippen LogP contribution in [0.25, 0.3) is 22.0 Å². The molecule has 1 aromatic carbocycles. The Morgan fingerprint density at radius 1 is 1.18 bits per heavy atom. The van der Waals surface area contributed by atoms with Crippen LogP contribution in [0.4, 0.5) is 16.2 Å². The number of thiazole rings is 1. The van der Waals surface area contributed by atoms with Gasteiger partial charge < -0.3 is 15.3 Å².